The fraction of sp³-hybridized carbons (Fsp3) is 0.462. The van der Waals surface area contributed by atoms with Gasteiger partial charge in [0.2, 0.25) is 0 Å². The number of aliphatic hydroxyl groups is 1. The highest BCUT2D eigenvalue weighted by molar-refractivity contribution is 7.99. The van der Waals surface area contributed by atoms with Crippen molar-refractivity contribution in [3.8, 4) is 0 Å². The summed E-state index contributed by atoms with van der Waals surface area (Å²) in [4.78, 5) is 11.8. The number of aliphatic hydroxyl groups excluding tert-OH is 1. The van der Waals surface area contributed by atoms with Crippen LogP contribution in [0.3, 0.4) is 0 Å². The van der Waals surface area contributed by atoms with Crippen LogP contribution in [0.4, 0.5) is 0 Å². The van der Waals surface area contributed by atoms with Crippen LogP contribution < -0.4 is 0 Å². The van der Waals surface area contributed by atoms with E-state index in [0.717, 1.165) is 11.3 Å². The van der Waals surface area contributed by atoms with Crippen LogP contribution in [0.15, 0.2) is 30.3 Å². The molecule has 92 valence electrons. The highest BCUT2D eigenvalue weighted by Crippen LogP contribution is 2.24. The molecule has 0 spiro atoms. The van der Waals surface area contributed by atoms with Crippen molar-refractivity contribution in [1.29, 1.82) is 0 Å². The van der Waals surface area contributed by atoms with E-state index < -0.39 is 6.10 Å². The zero-order valence-electron chi connectivity index (χ0n) is 9.54. The van der Waals surface area contributed by atoms with Gasteiger partial charge in [-0.05, 0) is 17.7 Å². The second kappa shape index (κ2) is 6.07. The SMILES string of the molecule is O=C(OCc1ccccc1)C1CCSCC1O. The molecule has 1 aromatic carbocycles. The molecule has 0 radical (unpaired) electrons. The minimum atomic E-state index is -0.558. The molecule has 1 aliphatic rings. The summed E-state index contributed by atoms with van der Waals surface area (Å²) < 4.78 is 5.23. The van der Waals surface area contributed by atoms with E-state index in [1.807, 2.05) is 30.3 Å². The number of hydrogen-bond acceptors (Lipinski definition) is 4. The monoisotopic (exact) mass is 252 g/mol. The molecule has 0 amide bonds. The molecule has 1 heterocycles. The Morgan fingerprint density at radius 3 is 2.88 bits per heavy atom. The molecule has 1 saturated heterocycles. The van der Waals surface area contributed by atoms with Crippen LogP contribution in [0, 0.1) is 5.92 Å². The number of esters is 1. The first-order valence-corrected chi connectivity index (χ1v) is 6.89. The maximum absolute atomic E-state index is 11.8. The van der Waals surface area contributed by atoms with Crippen molar-refractivity contribution in [2.75, 3.05) is 11.5 Å². The Bertz CT molecular complexity index is 366. The molecule has 1 fully saturated rings. The lowest BCUT2D eigenvalue weighted by Crippen LogP contribution is -2.35. The van der Waals surface area contributed by atoms with Crippen molar-refractivity contribution in [1.82, 2.24) is 0 Å². The number of carbonyl (C=O) groups is 1. The van der Waals surface area contributed by atoms with Gasteiger partial charge >= 0.3 is 5.97 Å². The molecule has 2 rings (SSSR count). The smallest absolute Gasteiger partial charge is 0.311 e. The zero-order valence-corrected chi connectivity index (χ0v) is 10.4. The lowest BCUT2D eigenvalue weighted by molar-refractivity contribution is -0.153. The van der Waals surface area contributed by atoms with E-state index in [2.05, 4.69) is 0 Å². The number of ether oxygens (including phenoxy) is 1. The molecule has 0 bridgehead atoms. The van der Waals surface area contributed by atoms with E-state index in [-0.39, 0.29) is 18.5 Å². The van der Waals surface area contributed by atoms with Crippen molar-refractivity contribution in [3.63, 3.8) is 0 Å². The van der Waals surface area contributed by atoms with Crippen molar-refractivity contribution < 1.29 is 14.6 Å². The fourth-order valence-electron chi connectivity index (χ4n) is 1.83. The highest BCUT2D eigenvalue weighted by atomic mass is 32.2. The largest absolute Gasteiger partial charge is 0.461 e. The standard InChI is InChI=1S/C13H16O3S/c14-12-9-17-7-6-11(12)13(15)16-8-10-4-2-1-3-5-10/h1-5,11-12,14H,6-9H2. The normalized spacial score (nSPS) is 24.3. The maximum Gasteiger partial charge on any atom is 0.311 e. The van der Waals surface area contributed by atoms with Gasteiger partial charge in [0, 0.05) is 5.75 Å². The summed E-state index contributed by atoms with van der Waals surface area (Å²) in [6.07, 6.45) is 0.149. The fourth-order valence-corrected chi connectivity index (χ4v) is 2.89. The third-order valence-electron chi connectivity index (χ3n) is 2.85. The number of hydrogen-bond donors (Lipinski definition) is 1. The first-order chi connectivity index (χ1) is 8.27. The van der Waals surface area contributed by atoms with Crippen LogP contribution in [-0.2, 0) is 16.1 Å². The summed E-state index contributed by atoms with van der Waals surface area (Å²) in [6.45, 7) is 0.288. The molecule has 0 aliphatic carbocycles. The van der Waals surface area contributed by atoms with Gasteiger partial charge in [-0.1, -0.05) is 30.3 Å². The third kappa shape index (κ3) is 3.48. The lowest BCUT2D eigenvalue weighted by Gasteiger charge is -2.25. The Balaban J connectivity index is 1.84. The lowest BCUT2D eigenvalue weighted by atomic mass is 10.0. The molecule has 0 aromatic heterocycles. The number of thioether (sulfide) groups is 1. The van der Waals surface area contributed by atoms with E-state index in [0.29, 0.717) is 12.2 Å². The molecule has 1 aromatic rings. The Labute approximate surface area is 105 Å². The first-order valence-electron chi connectivity index (χ1n) is 5.74. The van der Waals surface area contributed by atoms with Gasteiger partial charge in [-0.25, -0.2) is 0 Å². The summed E-state index contributed by atoms with van der Waals surface area (Å²) in [5, 5.41) is 9.71. The van der Waals surface area contributed by atoms with Gasteiger partial charge < -0.3 is 9.84 Å². The Hall–Kier alpha value is -1.00. The predicted octanol–water partition coefficient (Wildman–Crippen LogP) is 1.84. The van der Waals surface area contributed by atoms with E-state index in [9.17, 15) is 9.90 Å². The van der Waals surface area contributed by atoms with Gasteiger partial charge in [0.05, 0.1) is 12.0 Å². The third-order valence-corrected chi connectivity index (χ3v) is 3.95. The summed E-state index contributed by atoms with van der Waals surface area (Å²) in [5.74, 6) is 0.925. The first kappa shape index (κ1) is 12.5. The molecular formula is C13H16O3S. The number of benzene rings is 1. The van der Waals surface area contributed by atoms with Gasteiger partial charge in [0.1, 0.15) is 6.61 Å². The highest BCUT2D eigenvalue weighted by Gasteiger charge is 2.30. The molecular weight excluding hydrogens is 236 g/mol. The summed E-state index contributed by atoms with van der Waals surface area (Å²) >= 11 is 1.68. The van der Waals surface area contributed by atoms with Gasteiger partial charge in [0.15, 0.2) is 0 Å². The summed E-state index contributed by atoms with van der Waals surface area (Å²) in [6, 6.07) is 9.58. The van der Waals surface area contributed by atoms with Crippen LogP contribution in [0.25, 0.3) is 0 Å². The number of carbonyl (C=O) groups excluding carboxylic acids is 1. The molecule has 3 nitrogen and oxygen atoms in total. The van der Waals surface area contributed by atoms with E-state index in [1.165, 1.54) is 0 Å². The van der Waals surface area contributed by atoms with Crippen molar-refractivity contribution >= 4 is 17.7 Å². The number of rotatable bonds is 3. The predicted molar refractivity (Wildman–Crippen MR) is 67.7 cm³/mol. The van der Waals surface area contributed by atoms with E-state index in [4.69, 9.17) is 4.74 Å². The molecule has 2 unspecified atom stereocenters. The van der Waals surface area contributed by atoms with Gasteiger partial charge in [-0.3, -0.25) is 4.79 Å². The van der Waals surface area contributed by atoms with Crippen molar-refractivity contribution in [3.05, 3.63) is 35.9 Å². The van der Waals surface area contributed by atoms with Crippen LogP contribution >= 0.6 is 11.8 Å². The second-order valence-corrected chi connectivity index (χ2v) is 5.28. The van der Waals surface area contributed by atoms with Crippen LogP contribution in [-0.4, -0.2) is 28.7 Å². The molecule has 17 heavy (non-hydrogen) atoms. The Morgan fingerprint density at radius 1 is 1.41 bits per heavy atom. The Morgan fingerprint density at radius 2 is 2.18 bits per heavy atom. The minimum Gasteiger partial charge on any atom is -0.461 e. The van der Waals surface area contributed by atoms with E-state index >= 15 is 0 Å². The van der Waals surface area contributed by atoms with Gasteiger partial charge in [-0.15, -0.1) is 0 Å². The molecule has 0 saturated carbocycles. The zero-order chi connectivity index (χ0) is 12.1. The quantitative estimate of drug-likeness (QED) is 0.834. The van der Waals surface area contributed by atoms with Crippen LogP contribution in [0.2, 0.25) is 0 Å². The Kier molecular flexibility index (Phi) is 4.45. The molecule has 4 heteroatoms. The summed E-state index contributed by atoms with van der Waals surface area (Å²) in [5.41, 5.74) is 0.973. The topological polar surface area (TPSA) is 46.5 Å². The van der Waals surface area contributed by atoms with Crippen molar-refractivity contribution in [2.24, 2.45) is 5.92 Å². The molecule has 1 N–H and O–H groups in total. The average molecular weight is 252 g/mol. The van der Waals surface area contributed by atoms with Crippen molar-refractivity contribution in [2.45, 2.75) is 19.1 Å². The maximum atomic E-state index is 11.8. The van der Waals surface area contributed by atoms with Gasteiger partial charge in [-0.2, -0.15) is 11.8 Å². The van der Waals surface area contributed by atoms with Crippen LogP contribution in [0.5, 0.6) is 0 Å². The minimum absolute atomic E-state index is 0.276. The summed E-state index contributed by atoms with van der Waals surface area (Å²) in [7, 11) is 0. The molecule has 2 atom stereocenters. The average Bonchev–Trinajstić information content (AvgIpc) is 2.38. The van der Waals surface area contributed by atoms with Crippen LogP contribution in [0.1, 0.15) is 12.0 Å². The second-order valence-electron chi connectivity index (χ2n) is 4.13. The molecule has 1 aliphatic heterocycles. The van der Waals surface area contributed by atoms with Gasteiger partial charge in [0.25, 0.3) is 0 Å². The van der Waals surface area contributed by atoms with E-state index in [1.54, 1.807) is 11.8 Å².